The predicted octanol–water partition coefficient (Wildman–Crippen LogP) is 2.92. The van der Waals surface area contributed by atoms with Crippen molar-refractivity contribution < 1.29 is 9.53 Å². The SMILES string of the molecule is CC/C=C\C/C=C(/N)CCCCC(=O)OC. The molecule has 3 nitrogen and oxygen atoms in total. The molecule has 0 rings (SSSR count). The van der Waals surface area contributed by atoms with Gasteiger partial charge in [0.05, 0.1) is 7.11 Å². The Hall–Kier alpha value is -1.25. The molecule has 0 saturated carbocycles. The van der Waals surface area contributed by atoms with E-state index in [0.29, 0.717) is 6.42 Å². The number of carbonyl (C=O) groups excluding carboxylic acids is 1. The Kier molecular flexibility index (Phi) is 9.47. The molecule has 0 amide bonds. The Morgan fingerprint density at radius 2 is 1.94 bits per heavy atom. The monoisotopic (exact) mass is 225 g/mol. The average molecular weight is 225 g/mol. The van der Waals surface area contributed by atoms with Crippen LogP contribution in [-0.2, 0) is 9.53 Å². The lowest BCUT2D eigenvalue weighted by Gasteiger charge is -2.01. The number of unbranched alkanes of at least 4 members (excludes halogenated alkanes) is 1. The van der Waals surface area contributed by atoms with E-state index in [-0.39, 0.29) is 5.97 Å². The van der Waals surface area contributed by atoms with Crippen molar-refractivity contribution in [2.24, 2.45) is 5.73 Å². The maximum Gasteiger partial charge on any atom is 0.305 e. The molecular weight excluding hydrogens is 202 g/mol. The smallest absolute Gasteiger partial charge is 0.305 e. The molecule has 3 heteroatoms. The minimum absolute atomic E-state index is 0.145. The summed E-state index contributed by atoms with van der Waals surface area (Å²) in [5.41, 5.74) is 6.72. The molecule has 0 atom stereocenters. The first kappa shape index (κ1) is 14.8. The van der Waals surface area contributed by atoms with Gasteiger partial charge in [-0.05, 0) is 32.1 Å². The van der Waals surface area contributed by atoms with Crippen LogP contribution in [0.5, 0.6) is 0 Å². The van der Waals surface area contributed by atoms with Gasteiger partial charge in [-0.1, -0.05) is 25.2 Å². The molecule has 0 aromatic carbocycles. The summed E-state index contributed by atoms with van der Waals surface area (Å²) < 4.78 is 4.56. The molecule has 0 heterocycles. The van der Waals surface area contributed by atoms with Crippen molar-refractivity contribution in [1.82, 2.24) is 0 Å². The highest BCUT2D eigenvalue weighted by Gasteiger charge is 1.99. The highest BCUT2D eigenvalue weighted by atomic mass is 16.5. The van der Waals surface area contributed by atoms with Gasteiger partial charge in [0.25, 0.3) is 0 Å². The fraction of sp³-hybridized carbons (Fsp3) is 0.615. The lowest BCUT2D eigenvalue weighted by Crippen LogP contribution is -2.01. The van der Waals surface area contributed by atoms with Gasteiger partial charge < -0.3 is 10.5 Å². The summed E-state index contributed by atoms with van der Waals surface area (Å²) in [5.74, 6) is -0.145. The summed E-state index contributed by atoms with van der Waals surface area (Å²) in [7, 11) is 1.41. The maximum absolute atomic E-state index is 10.8. The highest BCUT2D eigenvalue weighted by molar-refractivity contribution is 5.68. The van der Waals surface area contributed by atoms with E-state index < -0.39 is 0 Å². The molecule has 0 saturated heterocycles. The van der Waals surface area contributed by atoms with Crippen molar-refractivity contribution in [2.45, 2.75) is 45.4 Å². The van der Waals surface area contributed by atoms with Crippen LogP contribution in [0.1, 0.15) is 45.4 Å². The molecule has 0 aliphatic carbocycles. The molecule has 2 N–H and O–H groups in total. The minimum Gasteiger partial charge on any atom is -0.469 e. The van der Waals surface area contributed by atoms with Crippen LogP contribution in [-0.4, -0.2) is 13.1 Å². The third kappa shape index (κ3) is 9.31. The van der Waals surface area contributed by atoms with Crippen molar-refractivity contribution in [3.05, 3.63) is 23.9 Å². The predicted molar refractivity (Wildman–Crippen MR) is 66.8 cm³/mol. The van der Waals surface area contributed by atoms with Gasteiger partial charge >= 0.3 is 5.97 Å². The summed E-state index contributed by atoms with van der Waals surface area (Å²) in [5, 5.41) is 0. The van der Waals surface area contributed by atoms with Crippen molar-refractivity contribution >= 4 is 5.97 Å². The molecule has 0 fully saturated rings. The van der Waals surface area contributed by atoms with E-state index in [9.17, 15) is 4.79 Å². The lowest BCUT2D eigenvalue weighted by atomic mass is 10.1. The Morgan fingerprint density at radius 1 is 1.25 bits per heavy atom. The summed E-state index contributed by atoms with van der Waals surface area (Å²) in [6.07, 6.45) is 11.4. The zero-order valence-electron chi connectivity index (χ0n) is 10.4. The number of hydrogen-bond acceptors (Lipinski definition) is 3. The standard InChI is InChI=1S/C13H23NO2/c1-3-4-5-6-9-12(14)10-7-8-11-13(15)16-2/h4-5,9H,3,6-8,10-11,14H2,1-2H3/b5-4-,12-9+. The molecule has 0 unspecified atom stereocenters. The molecule has 0 aromatic heterocycles. The highest BCUT2D eigenvalue weighted by Crippen LogP contribution is 2.06. The van der Waals surface area contributed by atoms with Crippen molar-refractivity contribution in [3.63, 3.8) is 0 Å². The molecule has 0 aliphatic heterocycles. The molecule has 0 aliphatic rings. The quantitative estimate of drug-likeness (QED) is 0.392. The number of carbonyl (C=O) groups is 1. The van der Waals surface area contributed by atoms with Crippen molar-refractivity contribution in [2.75, 3.05) is 7.11 Å². The van der Waals surface area contributed by atoms with Gasteiger partial charge in [-0.15, -0.1) is 0 Å². The average Bonchev–Trinajstić information content (AvgIpc) is 2.30. The van der Waals surface area contributed by atoms with E-state index in [4.69, 9.17) is 5.73 Å². The van der Waals surface area contributed by atoms with E-state index in [1.165, 1.54) is 7.11 Å². The van der Waals surface area contributed by atoms with Gasteiger partial charge in [-0.25, -0.2) is 0 Å². The Balaban J connectivity index is 3.52. The van der Waals surface area contributed by atoms with E-state index in [1.54, 1.807) is 0 Å². The summed E-state index contributed by atoms with van der Waals surface area (Å²) in [4.78, 5) is 10.8. The van der Waals surface area contributed by atoms with Gasteiger partial charge in [0.1, 0.15) is 0 Å². The van der Waals surface area contributed by atoms with Crippen LogP contribution >= 0.6 is 0 Å². The minimum atomic E-state index is -0.145. The summed E-state index contributed by atoms with van der Waals surface area (Å²) in [6.45, 7) is 2.11. The zero-order valence-corrected chi connectivity index (χ0v) is 10.4. The lowest BCUT2D eigenvalue weighted by molar-refractivity contribution is -0.140. The molecule has 16 heavy (non-hydrogen) atoms. The van der Waals surface area contributed by atoms with Gasteiger partial charge in [0, 0.05) is 12.1 Å². The second-order valence-electron chi connectivity index (χ2n) is 3.68. The van der Waals surface area contributed by atoms with Crippen LogP contribution in [0.25, 0.3) is 0 Å². The van der Waals surface area contributed by atoms with Crippen LogP contribution in [0.15, 0.2) is 23.9 Å². The van der Waals surface area contributed by atoms with Gasteiger partial charge in [-0.3, -0.25) is 4.79 Å². The van der Waals surface area contributed by atoms with Crippen molar-refractivity contribution in [3.8, 4) is 0 Å². The fourth-order valence-corrected chi connectivity index (χ4v) is 1.28. The molecular formula is C13H23NO2. The number of nitrogens with two attached hydrogens (primary N) is 1. The molecule has 0 aromatic rings. The fourth-order valence-electron chi connectivity index (χ4n) is 1.28. The number of allylic oxidation sites excluding steroid dienone is 4. The zero-order chi connectivity index (χ0) is 12.2. The van der Waals surface area contributed by atoms with E-state index >= 15 is 0 Å². The van der Waals surface area contributed by atoms with Crippen molar-refractivity contribution in [1.29, 1.82) is 0 Å². The second kappa shape index (κ2) is 10.3. The van der Waals surface area contributed by atoms with Crippen LogP contribution < -0.4 is 5.73 Å². The van der Waals surface area contributed by atoms with E-state index in [2.05, 4.69) is 23.8 Å². The largest absolute Gasteiger partial charge is 0.469 e. The van der Waals surface area contributed by atoms with Gasteiger partial charge in [0.15, 0.2) is 0 Å². The Labute approximate surface area is 98.4 Å². The Bertz CT molecular complexity index is 244. The normalized spacial score (nSPS) is 12.0. The number of hydrogen-bond donors (Lipinski definition) is 1. The number of esters is 1. The molecule has 92 valence electrons. The third-order valence-corrected chi connectivity index (χ3v) is 2.24. The van der Waals surface area contributed by atoms with E-state index in [0.717, 1.165) is 37.8 Å². The number of ether oxygens (including phenoxy) is 1. The van der Waals surface area contributed by atoms with Crippen LogP contribution in [0, 0.1) is 0 Å². The summed E-state index contributed by atoms with van der Waals surface area (Å²) >= 11 is 0. The molecule has 0 spiro atoms. The maximum atomic E-state index is 10.8. The van der Waals surface area contributed by atoms with Crippen LogP contribution in [0.3, 0.4) is 0 Å². The van der Waals surface area contributed by atoms with Gasteiger partial charge in [-0.2, -0.15) is 0 Å². The Morgan fingerprint density at radius 3 is 2.56 bits per heavy atom. The van der Waals surface area contributed by atoms with Crippen LogP contribution in [0.4, 0.5) is 0 Å². The first-order valence-corrected chi connectivity index (χ1v) is 5.87. The third-order valence-electron chi connectivity index (χ3n) is 2.24. The number of methoxy groups -OCH3 is 1. The van der Waals surface area contributed by atoms with Gasteiger partial charge in [0.2, 0.25) is 0 Å². The molecule has 0 radical (unpaired) electrons. The van der Waals surface area contributed by atoms with Crippen LogP contribution in [0.2, 0.25) is 0 Å². The molecule has 0 bridgehead atoms. The topological polar surface area (TPSA) is 52.3 Å². The number of rotatable bonds is 8. The van der Waals surface area contributed by atoms with E-state index in [1.807, 2.05) is 6.08 Å². The first-order valence-electron chi connectivity index (χ1n) is 5.87. The summed E-state index contributed by atoms with van der Waals surface area (Å²) in [6, 6.07) is 0. The second-order valence-corrected chi connectivity index (χ2v) is 3.68. The first-order chi connectivity index (χ1) is 7.70.